The number of nitrogens with two attached hydrogens (primary N) is 1. The molecule has 2 aliphatic heterocycles. The molecule has 1 atom stereocenters. The highest BCUT2D eigenvalue weighted by Gasteiger charge is 2.32. The Morgan fingerprint density at radius 3 is 2.68 bits per heavy atom. The van der Waals surface area contributed by atoms with Gasteiger partial charge in [-0.2, -0.15) is 5.10 Å². The van der Waals surface area contributed by atoms with Crippen molar-refractivity contribution in [2.75, 3.05) is 26.2 Å². The van der Waals surface area contributed by atoms with E-state index in [0.29, 0.717) is 11.8 Å². The predicted octanol–water partition coefficient (Wildman–Crippen LogP) is 3.89. The van der Waals surface area contributed by atoms with E-state index in [1.54, 1.807) is 0 Å². The number of hydrogen-bond donors (Lipinski definition) is 3. The number of carbonyl (C=O) groups excluding carboxylic acids is 2. The number of nitrogens with zero attached hydrogens (tertiary/aromatic N) is 4. The van der Waals surface area contributed by atoms with Gasteiger partial charge in [0.15, 0.2) is 5.65 Å². The Balaban J connectivity index is 1.21. The zero-order chi connectivity index (χ0) is 26.4. The van der Waals surface area contributed by atoms with E-state index in [1.165, 1.54) is 16.5 Å². The van der Waals surface area contributed by atoms with Crippen molar-refractivity contribution in [3.63, 3.8) is 0 Å². The number of rotatable bonds is 6. The summed E-state index contributed by atoms with van der Waals surface area (Å²) in [5, 5.41) is 9.44. The summed E-state index contributed by atoms with van der Waals surface area (Å²) in [6, 6.07) is 8.53. The lowest BCUT2D eigenvalue weighted by atomic mass is 9.87. The third-order valence-corrected chi connectivity index (χ3v) is 8.41. The zero-order valence-electron chi connectivity index (χ0n) is 22.0. The van der Waals surface area contributed by atoms with Crippen LogP contribution in [0.25, 0.3) is 33.2 Å². The Kier molecular flexibility index (Phi) is 6.39. The number of fused-ring (bicyclic) bond motifs is 2. The van der Waals surface area contributed by atoms with Gasteiger partial charge in [0, 0.05) is 41.1 Å². The number of primary amides is 1. The monoisotopic (exact) mass is 513 g/mol. The first-order chi connectivity index (χ1) is 18.4. The fourth-order valence-electron chi connectivity index (χ4n) is 6.44. The van der Waals surface area contributed by atoms with Gasteiger partial charge in [0.25, 0.3) is 0 Å². The quantitative estimate of drug-likeness (QED) is 0.361. The minimum absolute atomic E-state index is 0.104. The number of pyridine rings is 1. The Morgan fingerprint density at radius 2 is 1.92 bits per heavy atom. The van der Waals surface area contributed by atoms with E-state index in [1.807, 2.05) is 22.2 Å². The van der Waals surface area contributed by atoms with Crippen molar-refractivity contribution in [1.82, 2.24) is 30.0 Å². The first kappa shape index (κ1) is 24.6. The Morgan fingerprint density at radius 1 is 1.11 bits per heavy atom. The van der Waals surface area contributed by atoms with Crippen molar-refractivity contribution >= 4 is 33.8 Å². The number of H-pyrrole nitrogens is 2. The molecule has 2 amide bonds. The van der Waals surface area contributed by atoms with Gasteiger partial charge in [0.2, 0.25) is 11.8 Å². The van der Waals surface area contributed by atoms with Gasteiger partial charge in [-0.3, -0.25) is 19.6 Å². The number of hydrogen-bond acceptors (Lipinski definition) is 5. The van der Waals surface area contributed by atoms with E-state index >= 15 is 0 Å². The maximum atomic E-state index is 13.0. The van der Waals surface area contributed by atoms with Crippen LogP contribution in [0.5, 0.6) is 0 Å². The van der Waals surface area contributed by atoms with Crippen molar-refractivity contribution < 1.29 is 9.59 Å². The number of benzene rings is 1. The summed E-state index contributed by atoms with van der Waals surface area (Å²) >= 11 is 0. The maximum absolute atomic E-state index is 13.0. The van der Waals surface area contributed by atoms with Crippen LogP contribution in [0.4, 0.5) is 0 Å². The molecule has 0 unspecified atom stereocenters. The van der Waals surface area contributed by atoms with Crippen LogP contribution < -0.4 is 5.73 Å². The lowest BCUT2D eigenvalue weighted by Gasteiger charge is -2.34. The topological polar surface area (TPSA) is 124 Å². The van der Waals surface area contributed by atoms with Crippen LogP contribution in [-0.4, -0.2) is 74.0 Å². The fraction of sp³-hybridized carbons (Fsp3) is 0.448. The summed E-state index contributed by atoms with van der Waals surface area (Å²) in [5.41, 5.74) is 12.3. The molecule has 0 radical (unpaired) electrons. The Labute approximate surface area is 221 Å². The van der Waals surface area contributed by atoms with Gasteiger partial charge >= 0.3 is 0 Å². The van der Waals surface area contributed by atoms with E-state index in [2.05, 4.69) is 58.3 Å². The van der Waals surface area contributed by atoms with E-state index in [0.717, 1.165) is 73.1 Å². The van der Waals surface area contributed by atoms with Gasteiger partial charge in [-0.05, 0) is 73.4 Å². The average molecular weight is 514 g/mol. The molecule has 9 nitrogen and oxygen atoms in total. The molecule has 4 aromatic rings. The summed E-state index contributed by atoms with van der Waals surface area (Å²) in [6.07, 6.45) is 7.20. The Hall–Kier alpha value is -3.72. The summed E-state index contributed by atoms with van der Waals surface area (Å²) in [6.45, 7) is 6.99. The molecular formula is C29H35N7O2. The van der Waals surface area contributed by atoms with Crippen LogP contribution in [0.1, 0.15) is 62.5 Å². The zero-order valence-corrected chi connectivity index (χ0v) is 22.0. The van der Waals surface area contributed by atoms with E-state index in [4.69, 9.17) is 5.73 Å². The molecule has 0 bridgehead atoms. The molecule has 38 heavy (non-hydrogen) atoms. The second-order valence-electron chi connectivity index (χ2n) is 11.1. The van der Waals surface area contributed by atoms with E-state index in [-0.39, 0.29) is 24.4 Å². The minimum Gasteiger partial charge on any atom is -0.368 e. The number of amides is 2. The molecule has 0 aliphatic carbocycles. The highest BCUT2D eigenvalue weighted by atomic mass is 16.2. The van der Waals surface area contributed by atoms with Gasteiger partial charge in [-0.1, -0.05) is 19.9 Å². The SMILES string of the molecule is CC(C)c1c(-c2ccnc3[nH]ncc23)[nH]c2ccc(C3CCN(C(=O)CN4CCC[C@H]4C(N)=O)CC3)cc12. The molecule has 1 aromatic carbocycles. The second-order valence-corrected chi connectivity index (χ2v) is 11.1. The van der Waals surface area contributed by atoms with Crippen molar-refractivity contribution in [1.29, 1.82) is 0 Å². The van der Waals surface area contributed by atoms with Gasteiger partial charge in [0.1, 0.15) is 0 Å². The number of aromatic amines is 2. The Bertz CT molecular complexity index is 1500. The first-order valence-corrected chi connectivity index (χ1v) is 13.7. The largest absolute Gasteiger partial charge is 0.368 e. The number of aromatic nitrogens is 4. The number of piperidine rings is 1. The molecule has 0 saturated carbocycles. The minimum atomic E-state index is -0.323. The molecule has 3 aromatic heterocycles. The smallest absolute Gasteiger partial charge is 0.236 e. The summed E-state index contributed by atoms with van der Waals surface area (Å²) < 4.78 is 0. The molecule has 0 spiro atoms. The second kappa shape index (κ2) is 9.87. The third-order valence-electron chi connectivity index (χ3n) is 8.41. The lowest BCUT2D eigenvalue weighted by molar-refractivity contribution is -0.134. The van der Waals surface area contributed by atoms with Crippen LogP contribution >= 0.6 is 0 Å². The standard InChI is InChI=1S/C29H35N7O2/c1-17(2)26-21-14-19(5-6-23(21)33-27(26)20-7-10-31-29-22(20)15-32-34-29)18-8-12-35(13-9-18)25(37)16-36-11-3-4-24(36)28(30)38/h5-7,10,14-15,17-18,24,33H,3-4,8-9,11-13,16H2,1-2H3,(H2,30,38)(H,31,32,34)/t24-/m0/s1. The summed E-state index contributed by atoms with van der Waals surface area (Å²) in [4.78, 5) is 36.7. The lowest BCUT2D eigenvalue weighted by Crippen LogP contribution is -2.48. The highest BCUT2D eigenvalue weighted by Crippen LogP contribution is 2.39. The highest BCUT2D eigenvalue weighted by molar-refractivity contribution is 5.98. The molecule has 2 aliphatic rings. The average Bonchev–Trinajstić information content (AvgIpc) is 3.66. The molecular weight excluding hydrogens is 478 g/mol. The maximum Gasteiger partial charge on any atom is 0.236 e. The van der Waals surface area contributed by atoms with Gasteiger partial charge in [0.05, 0.1) is 24.5 Å². The summed E-state index contributed by atoms with van der Waals surface area (Å²) in [5.74, 6) is 0.524. The van der Waals surface area contributed by atoms with Crippen LogP contribution in [0.2, 0.25) is 0 Å². The fourth-order valence-corrected chi connectivity index (χ4v) is 6.44. The number of likely N-dealkylation sites (tertiary alicyclic amines) is 2. The predicted molar refractivity (Wildman–Crippen MR) is 148 cm³/mol. The van der Waals surface area contributed by atoms with E-state index < -0.39 is 0 Å². The van der Waals surface area contributed by atoms with Crippen molar-refractivity contribution in [3.05, 3.63) is 47.8 Å². The molecule has 6 rings (SSSR count). The summed E-state index contributed by atoms with van der Waals surface area (Å²) in [7, 11) is 0. The molecule has 5 heterocycles. The van der Waals surface area contributed by atoms with Crippen molar-refractivity contribution in [2.24, 2.45) is 5.73 Å². The van der Waals surface area contributed by atoms with Gasteiger partial charge in [-0.25, -0.2) is 4.98 Å². The van der Waals surface area contributed by atoms with Crippen LogP contribution in [0.3, 0.4) is 0 Å². The van der Waals surface area contributed by atoms with Gasteiger partial charge < -0.3 is 15.6 Å². The molecule has 2 fully saturated rings. The van der Waals surface area contributed by atoms with Crippen molar-refractivity contribution in [2.45, 2.75) is 57.4 Å². The van der Waals surface area contributed by atoms with E-state index in [9.17, 15) is 9.59 Å². The number of carbonyl (C=O) groups is 2. The van der Waals surface area contributed by atoms with Crippen molar-refractivity contribution in [3.8, 4) is 11.3 Å². The normalized spacial score (nSPS) is 19.2. The first-order valence-electron chi connectivity index (χ1n) is 13.7. The molecule has 4 N–H and O–H groups in total. The van der Waals surface area contributed by atoms with Gasteiger partial charge in [-0.15, -0.1) is 0 Å². The number of nitrogens with one attached hydrogen (secondary N) is 2. The van der Waals surface area contributed by atoms with Crippen LogP contribution in [-0.2, 0) is 9.59 Å². The van der Waals surface area contributed by atoms with Crippen LogP contribution in [0.15, 0.2) is 36.7 Å². The molecule has 9 heteroatoms. The molecule has 198 valence electrons. The molecule has 2 saturated heterocycles. The van der Waals surface area contributed by atoms with Crippen LogP contribution in [0, 0.1) is 0 Å². The third kappa shape index (κ3) is 4.34.